The van der Waals surface area contributed by atoms with Crippen molar-refractivity contribution < 1.29 is 27.8 Å². The number of fused-ring (bicyclic) bond motifs is 1. The van der Waals surface area contributed by atoms with E-state index in [9.17, 15) is 18.4 Å². The van der Waals surface area contributed by atoms with Crippen molar-refractivity contribution in [2.24, 2.45) is 0 Å². The molecule has 1 amide bonds. The summed E-state index contributed by atoms with van der Waals surface area (Å²) >= 11 is 0. The number of carbonyl (C=O) groups is 2. The van der Waals surface area contributed by atoms with Crippen LogP contribution in [0.2, 0.25) is 0 Å². The summed E-state index contributed by atoms with van der Waals surface area (Å²) in [5.41, 5.74) is 4.76. The second kappa shape index (κ2) is 9.32. The molecule has 0 aromatic heterocycles. The van der Waals surface area contributed by atoms with Gasteiger partial charge in [-0.1, -0.05) is 0 Å². The normalized spacial score (nSPS) is 21.5. The molecule has 1 unspecified atom stereocenters. The lowest BCUT2D eigenvalue weighted by Gasteiger charge is -2.41. The minimum atomic E-state index is -2.72. The van der Waals surface area contributed by atoms with Crippen LogP contribution in [0, 0.1) is 20.8 Å². The molecule has 1 saturated carbocycles. The van der Waals surface area contributed by atoms with Crippen LogP contribution in [-0.4, -0.2) is 40.9 Å². The van der Waals surface area contributed by atoms with E-state index in [1.165, 1.54) is 0 Å². The molecule has 0 radical (unpaired) electrons. The molecule has 7 heteroatoms. The summed E-state index contributed by atoms with van der Waals surface area (Å²) in [4.78, 5) is 27.7. The van der Waals surface area contributed by atoms with Gasteiger partial charge in [0.2, 0.25) is 11.8 Å². The summed E-state index contributed by atoms with van der Waals surface area (Å²) in [7, 11) is 0. The van der Waals surface area contributed by atoms with Gasteiger partial charge in [-0.25, -0.2) is 13.6 Å². The fourth-order valence-corrected chi connectivity index (χ4v) is 5.22. The zero-order chi connectivity index (χ0) is 24.7. The Morgan fingerprint density at radius 2 is 1.82 bits per heavy atom. The summed E-state index contributed by atoms with van der Waals surface area (Å²) in [5, 5.41) is 0. The smallest absolute Gasteiger partial charge is 0.339 e. The van der Waals surface area contributed by atoms with E-state index in [0.29, 0.717) is 19.4 Å². The van der Waals surface area contributed by atoms with Gasteiger partial charge in [-0.2, -0.15) is 0 Å². The number of rotatable bonds is 5. The van der Waals surface area contributed by atoms with E-state index in [2.05, 4.69) is 0 Å². The zero-order valence-electron chi connectivity index (χ0n) is 20.9. The third-order valence-electron chi connectivity index (χ3n) is 6.91. The van der Waals surface area contributed by atoms with Crippen LogP contribution in [0.3, 0.4) is 0 Å². The average Bonchev–Trinajstić information content (AvgIpc) is 2.69. The Morgan fingerprint density at radius 3 is 2.39 bits per heavy atom. The second-order valence-electron chi connectivity index (χ2n) is 10.4. The second-order valence-corrected chi connectivity index (χ2v) is 10.4. The highest BCUT2D eigenvalue weighted by Gasteiger charge is 2.42. The summed E-state index contributed by atoms with van der Waals surface area (Å²) < 4.78 is 39.6. The molecule has 2 atom stereocenters. The first-order valence-corrected chi connectivity index (χ1v) is 11.9. The van der Waals surface area contributed by atoms with Crippen LogP contribution in [0.25, 0.3) is 0 Å². The number of ether oxygens (including phenoxy) is 2. The molecule has 33 heavy (non-hydrogen) atoms. The van der Waals surface area contributed by atoms with Crippen LogP contribution in [0.5, 0.6) is 0 Å². The fraction of sp³-hybridized carbons (Fsp3) is 0.692. The monoisotopic (exact) mass is 465 g/mol. The number of esters is 1. The molecule has 1 aromatic rings. The van der Waals surface area contributed by atoms with Crippen LogP contribution in [-0.2, 0) is 32.0 Å². The topological polar surface area (TPSA) is 55.8 Å². The van der Waals surface area contributed by atoms with Crippen LogP contribution < -0.4 is 0 Å². The SMILES string of the molecule is CCOC(=O)[C@@H](OC(C)(C)C)c1c(C)c(C)c2c(c1C)CC(=O)N(C1CCCC(F)(F)C1)C2. The molecule has 0 saturated heterocycles. The minimum Gasteiger partial charge on any atom is -0.464 e. The summed E-state index contributed by atoms with van der Waals surface area (Å²) in [6.07, 6.45) is -0.105. The summed E-state index contributed by atoms with van der Waals surface area (Å²) in [6.45, 7) is 13.8. The Kier molecular flexibility index (Phi) is 7.23. The quantitative estimate of drug-likeness (QED) is 0.540. The van der Waals surface area contributed by atoms with E-state index in [0.717, 1.165) is 33.4 Å². The number of carbonyl (C=O) groups excluding carboxylic acids is 2. The third kappa shape index (κ3) is 5.39. The molecule has 5 nitrogen and oxygen atoms in total. The molecule has 1 heterocycles. The highest BCUT2D eigenvalue weighted by Crippen LogP contribution is 2.41. The zero-order valence-corrected chi connectivity index (χ0v) is 20.9. The number of alkyl halides is 2. The van der Waals surface area contributed by atoms with Crippen LogP contribution in [0.4, 0.5) is 8.78 Å². The Morgan fingerprint density at radius 1 is 1.15 bits per heavy atom. The lowest BCUT2D eigenvalue weighted by molar-refractivity contribution is -0.167. The molecule has 1 aromatic carbocycles. The Balaban J connectivity index is 2.04. The van der Waals surface area contributed by atoms with Gasteiger partial charge in [0.25, 0.3) is 0 Å². The van der Waals surface area contributed by atoms with E-state index in [4.69, 9.17) is 9.47 Å². The molecule has 2 aliphatic rings. The molecule has 0 bridgehead atoms. The van der Waals surface area contributed by atoms with E-state index >= 15 is 0 Å². The number of benzene rings is 1. The van der Waals surface area contributed by atoms with Crippen LogP contribution in [0.1, 0.15) is 92.9 Å². The molecule has 1 aliphatic carbocycles. The van der Waals surface area contributed by atoms with Gasteiger partial charge in [0.05, 0.1) is 18.6 Å². The van der Waals surface area contributed by atoms with Gasteiger partial charge in [0, 0.05) is 25.4 Å². The van der Waals surface area contributed by atoms with Crippen LogP contribution in [0.15, 0.2) is 0 Å². The predicted octanol–water partition coefficient (Wildman–Crippen LogP) is 5.49. The number of halogens is 2. The third-order valence-corrected chi connectivity index (χ3v) is 6.91. The van der Waals surface area contributed by atoms with Crippen molar-refractivity contribution in [3.8, 4) is 0 Å². The van der Waals surface area contributed by atoms with Crippen molar-refractivity contribution in [2.45, 2.75) is 111 Å². The number of hydrogen-bond acceptors (Lipinski definition) is 4. The maximum absolute atomic E-state index is 14.1. The Hall–Kier alpha value is -2.02. The first kappa shape index (κ1) is 25.6. The van der Waals surface area contributed by atoms with Gasteiger partial charge in [0.1, 0.15) is 0 Å². The van der Waals surface area contributed by atoms with Gasteiger partial charge >= 0.3 is 5.97 Å². The van der Waals surface area contributed by atoms with Gasteiger partial charge < -0.3 is 14.4 Å². The number of hydrogen-bond donors (Lipinski definition) is 0. The molecule has 1 fully saturated rings. The molecular weight excluding hydrogens is 428 g/mol. The van der Waals surface area contributed by atoms with Crippen LogP contribution >= 0.6 is 0 Å². The molecular formula is C26H37F2NO4. The first-order valence-electron chi connectivity index (χ1n) is 11.9. The van der Waals surface area contributed by atoms with Crippen molar-refractivity contribution in [3.63, 3.8) is 0 Å². The molecule has 0 spiro atoms. The van der Waals surface area contributed by atoms with E-state index in [1.54, 1.807) is 11.8 Å². The molecule has 1 aliphatic heterocycles. The number of amides is 1. The summed E-state index contributed by atoms with van der Waals surface area (Å²) in [5.74, 6) is -3.30. The molecule has 0 N–H and O–H groups in total. The predicted molar refractivity (Wildman–Crippen MR) is 122 cm³/mol. The maximum atomic E-state index is 14.1. The fourth-order valence-electron chi connectivity index (χ4n) is 5.22. The van der Waals surface area contributed by atoms with Gasteiger partial charge in [0.15, 0.2) is 6.10 Å². The van der Waals surface area contributed by atoms with Crippen molar-refractivity contribution in [1.29, 1.82) is 0 Å². The van der Waals surface area contributed by atoms with Gasteiger partial charge in [-0.3, -0.25) is 4.79 Å². The van der Waals surface area contributed by atoms with Gasteiger partial charge in [-0.05, 0) is 94.7 Å². The largest absolute Gasteiger partial charge is 0.464 e. The number of nitrogens with zero attached hydrogens (tertiary/aromatic N) is 1. The Labute approximate surface area is 195 Å². The molecule has 3 rings (SSSR count). The molecule has 184 valence electrons. The lowest BCUT2D eigenvalue weighted by Crippen LogP contribution is -2.48. The van der Waals surface area contributed by atoms with E-state index in [-0.39, 0.29) is 31.8 Å². The highest BCUT2D eigenvalue weighted by molar-refractivity contribution is 5.84. The standard InChI is InChI=1S/C26H37F2NO4/c1-8-32-24(31)23(33-25(5,6)7)22-16(3)15(2)20-14-29(21(30)12-19(20)17(22)4)18-10-9-11-26(27,28)13-18/h18,23H,8-14H2,1-7H3/t18?,23-/m0/s1. The van der Waals surface area contributed by atoms with Crippen molar-refractivity contribution >= 4 is 11.9 Å². The lowest BCUT2D eigenvalue weighted by atomic mass is 9.81. The maximum Gasteiger partial charge on any atom is 0.339 e. The minimum absolute atomic E-state index is 0.105. The van der Waals surface area contributed by atoms with E-state index in [1.807, 2.05) is 41.5 Å². The summed E-state index contributed by atoms with van der Waals surface area (Å²) in [6, 6.07) is -0.439. The Bertz CT molecular complexity index is 935. The average molecular weight is 466 g/mol. The van der Waals surface area contributed by atoms with Crippen molar-refractivity contribution in [3.05, 3.63) is 33.4 Å². The van der Waals surface area contributed by atoms with E-state index < -0.39 is 29.6 Å². The first-order chi connectivity index (χ1) is 15.3. The van der Waals surface area contributed by atoms with Crippen molar-refractivity contribution in [1.82, 2.24) is 4.90 Å². The highest BCUT2D eigenvalue weighted by atomic mass is 19.3. The van der Waals surface area contributed by atoms with Crippen molar-refractivity contribution in [2.75, 3.05) is 6.61 Å². The van der Waals surface area contributed by atoms with Gasteiger partial charge in [-0.15, -0.1) is 0 Å².